The third kappa shape index (κ3) is 4.45. The second-order valence-corrected chi connectivity index (χ2v) is 6.73. The SMILES string of the molecule is CC[NH+](CC)CCCN1C(=O)CS[C@@H]1c1ccc([N+](=O)[O-])cc1. The predicted molar refractivity (Wildman–Crippen MR) is 91.5 cm³/mol. The Morgan fingerprint density at radius 1 is 1.30 bits per heavy atom. The number of nitrogens with zero attached hydrogens (tertiary/aromatic N) is 2. The Balaban J connectivity index is 2.00. The van der Waals surface area contributed by atoms with Crippen molar-refractivity contribution in [2.75, 3.05) is 31.9 Å². The molecule has 6 nitrogen and oxygen atoms in total. The van der Waals surface area contributed by atoms with Gasteiger partial charge in [-0.2, -0.15) is 0 Å². The van der Waals surface area contributed by atoms with Crippen molar-refractivity contribution in [3.05, 3.63) is 39.9 Å². The van der Waals surface area contributed by atoms with E-state index in [-0.39, 0.29) is 17.0 Å². The van der Waals surface area contributed by atoms with E-state index >= 15 is 0 Å². The van der Waals surface area contributed by atoms with Crippen LogP contribution in [0.15, 0.2) is 24.3 Å². The molecular formula is C16H24N3O3S+. The molecule has 0 spiro atoms. The number of carbonyl (C=O) groups excluding carboxylic acids is 1. The van der Waals surface area contributed by atoms with Crippen molar-refractivity contribution in [2.24, 2.45) is 0 Å². The first kappa shape index (κ1) is 17.7. The topological polar surface area (TPSA) is 67.9 Å². The second-order valence-electron chi connectivity index (χ2n) is 5.66. The van der Waals surface area contributed by atoms with Crippen molar-refractivity contribution in [3.63, 3.8) is 0 Å². The van der Waals surface area contributed by atoms with E-state index in [2.05, 4.69) is 13.8 Å². The van der Waals surface area contributed by atoms with Gasteiger partial charge in [0, 0.05) is 25.1 Å². The Labute approximate surface area is 141 Å². The van der Waals surface area contributed by atoms with Gasteiger partial charge in [0.2, 0.25) is 5.91 Å². The molecule has 0 radical (unpaired) electrons. The summed E-state index contributed by atoms with van der Waals surface area (Å²) in [6.45, 7) is 8.37. The number of thioether (sulfide) groups is 1. The molecule has 0 bridgehead atoms. The van der Waals surface area contributed by atoms with Gasteiger partial charge < -0.3 is 9.80 Å². The molecule has 0 saturated carbocycles. The fraction of sp³-hybridized carbons (Fsp3) is 0.562. The molecule has 1 heterocycles. The number of benzene rings is 1. The molecule has 0 unspecified atom stereocenters. The van der Waals surface area contributed by atoms with Crippen LogP contribution < -0.4 is 4.90 Å². The zero-order valence-corrected chi connectivity index (χ0v) is 14.5. The molecule has 1 saturated heterocycles. The fourth-order valence-electron chi connectivity index (χ4n) is 2.84. The summed E-state index contributed by atoms with van der Waals surface area (Å²) in [4.78, 5) is 25.9. The lowest BCUT2D eigenvalue weighted by molar-refractivity contribution is -0.896. The summed E-state index contributed by atoms with van der Waals surface area (Å²) < 4.78 is 0. The highest BCUT2D eigenvalue weighted by Gasteiger charge is 2.32. The van der Waals surface area contributed by atoms with Crippen LogP contribution in [0.4, 0.5) is 5.69 Å². The Morgan fingerprint density at radius 2 is 1.96 bits per heavy atom. The van der Waals surface area contributed by atoms with Crippen molar-refractivity contribution >= 4 is 23.4 Å². The van der Waals surface area contributed by atoms with Crippen molar-refractivity contribution < 1.29 is 14.6 Å². The molecule has 1 aromatic carbocycles. The quantitative estimate of drug-likeness (QED) is 0.576. The monoisotopic (exact) mass is 338 g/mol. The largest absolute Gasteiger partial charge is 0.335 e. The normalized spacial score (nSPS) is 18.0. The van der Waals surface area contributed by atoms with Gasteiger partial charge in [-0.15, -0.1) is 11.8 Å². The maximum Gasteiger partial charge on any atom is 0.269 e. The van der Waals surface area contributed by atoms with Gasteiger partial charge in [0.05, 0.1) is 30.3 Å². The van der Waals surface area contributed by atoms with Crippen LogP contribution in [0.3, 0.4) is 0 Å². The van der Waals surface area contributed by atoms with Crippen LogP contribution in [0.25, 0.3) is 0 Å². The van der Waals surface area contributed by atoms with Gasteiger partial charge >= 0.3 is 0 Å². The molecule has 0 aromatic heterocycles. The highest BCUT2D eigenvalue weighted by atomic mass is 32.2. The van der Waals surface area contributed by atoms with Crippen LogP contribution in [-0.2, 0) is 4.79 Å². The number of rotatable bonds is 8. The van der Waals surface area contributed by atoms with E-state index in [1.807, 2.05) is 4.90 Å². The van der Waals surface area contributed by atoms with Gasteiger partial charge in [0.25, 0.3) is 5.69 Å². The molecule has 1 N–H and O–H groups in total. The van der Waals surface area contributed by atoms with Gasteiger partial charge in [0.15, 0.2) is 0 Å². The average Bonchev–Trinajstić information content (AvgIpc) is 2.92. The Hall–Kier alpha value is -1.60. The maximum atomic E-state index is 12.1. The number of amides is 1. The van der Waals surface area contributed by atoms with Crippen LogP contribution in [0.1, 0.15) is 31.2 Å². The average molecular weight is 338 g/mol. The first-order chi connectivity index (χ1) is 11.1. The lowest BCUT2D eigenvalue weighted by Gasteiger charge is -2.25. The first-order valence-electron chi connectivity index (χ1n) is 8.05. The number of carbonyl (C=O) groups is 1. The summed E-state index contributed by atoms with van der Waals surface area (Å²) in [6.07, 6.45) is 0.979. The number of hydrogen-bond acceptors (Lipinski definition) is 4. The Morgan fingerprint density at radius 3 is 2.52 bits per heavy atom. The number of nitro benzene ring substituents is 1. The third-order valence-corrected chi connectivity index (χ3v) is 5.54. The molecule has 1 amide bonds. The number of nitro groups is 1. The fourth-order valence-corrected chi connectivity index (χ4v) is 4.05. The van der Waals surface area contributed by atoms with E-state index in [0.717, 1.165) is 38.2 Å². The van der Waals surface area contributed by atoms with Crippen LogP contribution >= 0.6 is 11.8 Å². The van der Waals surface area contributed by atoms with Crippen LogP contribution in [0.5, 0.6) is 0 Å². The lowest BCUT2D eigenvalue weighted by Crippen LogP contribution is -3.11. The molecular weight excluding hydrogens is 314 g/mol. The predicted octanol–water partition coefficient (Wildman–Crippen LogP) is 1.48. The zero-order chi connectivity index (χ0) is 16.8. The highest BCUT2D eigenvalue weighted by Crippen LogP contribution is 2.38. The Kier molecular flexibility index (Phi) is 6.41. The van der Waals surface area contributed by atoms with E-state index < -0.39 is 4.92 Å². The summed E-state index contributed by atoms with van der Waals surface area (Å²) >= 11 is 1.60. The number of hydrogen-bond donors (Lipinski definition) is 1. The minimum atomic E-state index is -0.401. The summed E-state index contributed by atoms with van der Waals surface area (Å²) in [6, 6.07) is 6.54. The molecule has 1 aromatic rings. The molecule has 1 atom stereocenters. The van der Waals surface area contributed by atoms with Crippen molar-refractivity contribution in [2.45, 2.75) is 25.6 Å². The third-order valence-electron chi connectivity index (χ3n) is 4.29. The molecule has 0 aliphatic carbocycles. The van der Waals surface area contributed by atoms with Crippen LogP contribution in [0, 0.1) is 10.1 Å². The summed E-state index contributed by atoms with van der Waals surface area (Å²) in [5.74, 6) is 0.646. The van der Waals surface area contributed by atoms with Crippen molar-refractivity contribution in [1.82, 2.24) is 4.90 Å². The van der Waals surface area contributed by atoms with E-state index in [1.165, 1.54) is 17.0 Å². The van der Waals surface area contributed by atoms with E-state index in [9.17, 15) is 14.9 Å². The highest BCUT2D eigenvalue weighted by molar-refractivity contribution is 8.00. The summed E-state index contributed by atoms with van der Waals surface area (Å²) in [5, 5.41) is 10.7. The standard InChI is InChI=1S/C16H23N3O3S/c1-3-17(4-2)10-5-11-18-15(20)12-23-16(18)13-6-8-14(9-7-13)19(21)22/h6-9,16H,3-5,10-12H2,1-2H3/p+1/t16-/m1/s1. The van der Waals surface area contributed by atoms with Gasteiger partial charge in [-0.3, -0.25) is 14.9 Å². The van der Waals surface area contributed by atoms with Gasteiger partial charge in [-0.25, -0.2) is 0 Å². The van der Waals surface area contributed by atoms with E-state index in [4.69, 9.17) is 0 Å². The maximum absolute atomic E-state index is 12.1. The van der Waals surface area contributed by atoms with Gasteiger partial charge in [0.1, 0.15) is 5.37 Å². The molecule has 1 fully saturated rings. The number of nitrogens with one attached hydrogen (secondary N) is 1. The smallest absolute Gasteiger partial charge is 0.269 e. The minimum absolute atomic E-state index is 0.0185. The zero-order valence-electron chi connectivity index (χ0n) is 13.7. The molecule has 1 aliphatic heterocycles. The molecule has 126 valence electrons. The van der Waals surface area contributed by atoms with Crippen LogP contribution in [0.2, 0.25) is 0 Å². The van der Waals surface area contributed by atoms with Gasteiger partial charge in [-0.05, 0) is 31.5 Å². The Bertz CT molecular complexity index is 546. The number of non-ortho nitro benzene ring substituents is 1. The molecule has 23 heavy (non-hydrogen) atoms. The minimum Gasteiger partial charge on any atom is -0.335 e. The first-order valence-corrected chi connectivity index (χ1v) is 9.10. The van der Waals surface area contributed by atoms with Gasteiger partial charge in [-0.1, -0.05) is 0 Å². The molecule has 1 aliphatic rings. The van der Waals surface area contributed by atoms with Crippen molar-refractivity contribution in [3.8, 4) is 0 Å². The number of quaternary nitrogens is 1. The lowest BCUT2D eigenvalue weighted by atomic mass is 10.2. The molecule has 2 rings (SSSR count). The van der Waals surface area contributed by atoms with E-state index in [1.54, 1.807) is 23.9 Å². The second kappa shape index (κ2) is 8.31. The van der Waals surface area contributed by atoms with Crippen molar-refractivity contribution in [1.29, 1.82) is 0 Å². The molecule has 7 heteroatoms. The van der Waals surface area contributed by atoms with Crippen LogP contribution in [-0.4, -0.2) is 47.7 Å². The van der Waals surface area contributed by atoms with E-state index in [0.29, 0.717) is 5.75 Å². The summed E-state index contributed by atoms with van der Waals surface area (Å²) in [5.41, 5.74) is 1.04. The summed E-state index contributed by atoms with van der Waals surface area (Å²) in [7, 11) is 0.